The predicted molar refractivity (Wildman–Crippen MR) is 58.2 cm³/mol. The van der Waals surface area contributed by atoms with Crippen LogP contribution in [0.3, 0.4) is 0 Å². The van der Waals surface area contributed by atoms with Crippen LogP contribution in [0.25, 0.3) is 0 Å². The van der Waals surface area contributed by atoms with E-state index in [0.717, 1.165) is 6.07 Å². The van der Waals surface area contributed by atoms with Gasteiger partial charge < -0.3 is 9.84 Å². The van der Waals surface area contributed by atoms with Gasteiger partial charge in [0.2, 0.25) is 0 Å². The van der Waals surface area contributed by atoms with Crippen molar-refractivity contribution in [1.82, 2.24) is 0 Å². The second-order valence-corrected chi connectivity index (χ2v) is 3.80. The van der Waals surface area contributed by atoms with Crippen LogP contribution in [0, 0.1) is 5.82 Å². The van der Waals surface area contributed by atoms with E-state index >= 15 is 0 Å². The first-order valence-corrected chi connectivity index (χ1v) is 5.03. The maximum atomic E-state index is 13.0. The Hall–Kier alpha value is -1.42. The van der Waals surface area contributed by atoms with Crippen molar-refractivity contribution in [1.29, 1.82) is 0 Å². The number of carbonyl (C=O) groups excluding carboxylic acids is 1. The molecule has 0 radical (unpaired) electrons. The molecule has 88 valence electrons. The molecule has 1 aromatic carbocycles. The van der Waals surface area contributed by atoms with Crippen LogP contribution in [0.2, 0.25) is 0 Å². The number of ketones is 1. The first-order valence-electron chi connectivity index (χ1n) is 5.03. The second-order valence-electron chi connectivity index (χ2n) is 3.80. The molecule has 0 bridgehead atoms. The van der Waals surface area contributed by atoms with Crippen LogP contribution in [0.15, 0.2) is 18.2 Å². The van der Waals surface area contributed by atoms with Crippen LogP contribution in [0.5, 0.6) is 5.75 Å². The third-order valence-electron chi connectivity index (χ3n) is 2.58. The molecule has 4 heteroatoms. The first-order chi connectivity index (χ1) is 7.42. The second kappa shape index (κ2) is 4.61. The number of ether oxygens (including phenoxy) is 1. The molecule has 0 aliphatic rings. The number of hydrogen-bond acceptors (Lipinski definition) is 3. The summed E-state index contributed by atoms with van der Waals surface area (Å²) in [7, 11) is 1.39. The van der Waals surface area contributed by atoms with Gasteiger partial charge in [-0.05, 0) is 31.5 Å². The smallest absolute Gasteiger partial charge is 0.197 e. The van der Waals surface area contributed by atoms with Gasteiger partial charge in [-0.25, -0.2) is 4.39 Å². The summed E-state index contributed by atoms with van der Waals surface area (Å²) in [5.41, 5.74) is -1.43. The molecule has 1 N–H and O–H groups in total. The van der Waals surface area contributed by atoms with Gasteiger partial charge in [0.1, 0.15) is 17.2 Å². The van der Waals surface area contributed by atoms with Gasteiger partial charge in [-0.1, -0.05) is 6.92 Å². The molecular formula is C12H15FO3. The fourth-order valence-corrected chi connectivity index (χ4v) is 1.31. The summed E-state index contributed by atoms with van der Waals surface area (Å²) < 4.78 is 18.0. The minimum absolute atomic E-state index is 0.0642. The number of aliphatic hydroxyl groups is 1. The van der Waals surface area contributed by atoms with Crippen LogP contribution in [-0.4, -0.2) is 23.6 Å². The zero-order valence-corrected chi connectivity index (χ0v) is 9.58. The maximum Gasteiger partial charge on any atom is 0.197 e. The van der Waals surface area contributed by atoms with E-state index in [-0.39, 0.29) is 17.7 Å². The monoisotopic (exact) mass is 226 g/mol. The number of halogens is 1. The van der Waals surface area contributed by atoms with E-state index in [1.54, 1.807) is 6.92 Å². The van der Waals surface area contributed by atoms with Crippen molar-refractivity contribution in [2.24, 2.45) is 0 Å². The number of benzene rings is 1. The lowest BCUT2D eigenvalue weighted by atomic mass is 9.92. The van der Waals surface area contributed by atoms with Crippen molar-refractivity contribution in [3.63, 3.8) is 0 Å². The number of carbonyl (C=O) groups is 1. The molecule has 1 atom stereocenters. The lowest BCUT2D eigenvalue weighted by Crippen LogP contribution is -2.34. The van der Waals surface area contributed by atoms with Crippen LogP contribution < -0.4 is 4.74 Å². The summed E-state index contributed by atoms with van der Waals surface area (Å²) in [5.74, 6) is -0.803. The van der Waals surface area contributed by atoms with E-state index in [1.807, 2.05) is 0 Å². The fourth-order valence-electron chi connectivity index (χ4n) is 1.31. The van der Waals surface area contributed by atoms with Crippen molar-refractivity contribution in [3.05, 3.63) is 29.6 Å². The summed E-state index contributed by atoms with van der Waals surface area (Å²) in [4.78, 5) is 11.9. The molecule has 16 heavy (non-hydrogen) atoms. The molecule has 0 aliphatic heterocycles. The lowest BCUT2D eigenvalue weighted by Gasteiger charge is -2.20. The Kier molecular flexibility index (Phi) is 3.65. The van der Waals surface area contributed by atoms with E-state index in [4.69, 9.17) is 4.74 Å². The van der Waals surface area contributed by atoms with Crippen molar-refractivity contribution in [2.45, 2.75) is 25.9 Å². The average molecular weight is 226 g/mol. The van der Waals surface area contributed by atoms with Crippen LogP contribution in [-0.2, 0) is 0 Å². The standard InChI is InChI=1S/C12H15FO3/c1-4-12(2,15)11(14)9-7-8(13)5-6-10(9)16-3/h5-7,15H,4H2,1-3H3. The average Bonchev–Trinajstić information content (AvgIpc) is 2.28. The van der Waals surface area contributed by atoms with Crippen LogP contribution in [0.4, 0.5) is 4.39 Å². The number of methoxy groups -OCH3 is 1. The summed E-state index contributed by atoms with van der Waals surface area (Å²) in [6.45, 7) is 3.09. The molecule has 0 spiro atoms. The zero-order chi connectivity index (χ0) is 12.3. The molecule has 0 aliphatic carbocycles. The molecule has 3 nitrogen and oxygen atoms in total. The van der Waals surface area contributed by atoms with Crippen LogP contribution >= 0.6 is 0 Å². The van der Waals surface area contributed by atoms with Crippen LogP contribution in [0.1, 0.15) is 30.6 Å². The Labute approximate surface area is 93.9 Å². The fraction of sp³-hybridized carbons (Fsp3) is 0.417. The van der Waals surface area contributed by atoms with E-state index in [1.165, 1.54) is 26.2 Å². The summed E-state index contributed by atoms with van der Waals surface area (Å²) >= 11 is 0. The molecular weight excluding hydrogens is 211 g/mol. The Morgan fingerprint density at radius 1 is 1.56 bits per heavy atom. The molecule has 1 rings (SSSR count). The Morgan fingerprint density at radius 3 is 2.69 bits per heavy atom. The largest absolute Gasteiger partial charge is 0.496 e. The molecule has 1 aromatic rings. The van der Waals surface area contributed by atoms with Crippen molar-refractivity contribution < 1.29 is 19.0 Å². The Morgan fingerprint density at radius 2 is 2.19 bits per heavy atom. The molecule has 0 aromatic heterocycles. The number of Topliss-reactive ketones (excluding diaryl/α,β-unsaturated/α-hetero) is 1. The summed E-state index contributed by atoms with van der Waals surface area (Å²) in [6.07, 6.45) is 0.255. The third-order valence-corrected chi connectivity index (χ3v) is 2.58. The molecule has 0 fully saturated rings. The highest BCUT2D eigenvalue weighted by atomic mass is 19.1. The van der Waals surface area contributed by atoms with Crippen molar-refractivity contribution >= 4 is 5.78 Å². The Balaban J connectivity index is 3.21. The van der Waals surface area contributed by atoms with Gasteiger partial charge >= 0.3 is 0 Å². The van der Waals surface area contributed by atoms with E-state index in [9.17, 15) is 14.3 Å². The molecule has 0 heterocycles. The van der Waals surface area contributed by atoms with Gasteiger partial charge in [-0.15, -0.1) is 0 Å². The van der Waals surface area contributed by atoms with Crippen molar-refractivity contribution in [3.8, 4) is 5.75 Å². The quantitative estimate of drug-likeness (QED) is 0.800. The van der Waals surface area contributed by atoms with E-state index in [2.05, 4.69) is 0 Å². The highest BCUT2D eigenvalue weighted by Crippen LogP contribution is 2.25. The van der Waals surface area contributed by atoms with Gasteiger partial charge in [0.25, 0.3) is 0 Å². The van der Waals surface area contributed by atoms with Gasteiger partial charge in [-0.3, -0.25) is 4.79 Å². The van der Waals surface area contributed by atoms with E-state index in [0.29, 0.717) is 0 Å². The topological polar surface area (TPSA) is 46.5 Å². The molecule has 1 unspecified atom stereocenters. The molecule has 0 saturated heterocycles. The zero-order valence-electron chi connectivity index (χ0n) is 9.58. The minimum Gasteiger partial charge on any atom is -0.496 e. The third kappa shape index (κ3) is 2.39. The molecule has 0 saturated carbocycles. The molecule has 0 amide bonds. The summed E-state index contributed by atoms with van der Waals surface area (Å²) in [5, 5.41) is 9.83. The SMILES string of the molecule is CCC(C)(O)C(=O)c1cc(F)ccc1OC. The highest BCUT2D eigenvalue weighted by Gasteiger charge is 2.31. The highest BCUT2D eigenvalue weighted by molar-refractivity contribution is 6.04. The first kappa shape index (κ1) is 12.6. The number of hydrogen-bond donors (Lipinski definition) is 1. The van der Waals surface area contributed by atoms with Gasteiger partial charge in [0.15, 0.2) is 5.78 Å². The summed E-state index contributed by atoms with van der Waals surface area (Å²) in [6, 6.07) is 3.65. The number of rotatable bonds is 4. The maximum absolute atomic E-state index is 13.0. The predicted octanol–water partition coefficient (Wildman–Crippen LogP) is 2.18. The van der Waals surface area contributed by atoms with Gasteiger partial charge in [-0.2, -0.15) is 0 Å². The lowest BCUT2D eigenvalue weighted by molar-refractivity contribution is 0.0387. The normalized spacial score (nSPS) is 14.3. The minimum atomic E-state index is -1.50. The van der Waals surface area contributed by atoms with Crippen molar-refractivity contribution in [2.75, 3.05) is 7.11 Å². The Bertz CT molecular complexity index is 399. The van der Waals surface area contributed by atoms with Gasteiger partial charge in [0.05, 0.1) is 12.7 Å². The van der Waals surface area contributed by atoms with E-state index < -0.39 is 17.2 Å². The van der Waals surface area contributed by atoms with Gasteiger partial charge in [0, 0.05) is 0 Å².